The summed E-state index contributed by atoms with van der Waals surface area (Å²) in [4.78, 5) is 27.7. The van der Waals surface area contributed by atoms with E-state index in [-0.39, 0.29) is 23.0 Å². The number of amides is 1. The van der Waals surface area contributed by atoms with E-state index in [1.165, 1.54) is 0 Å². The van der Waals surface area contributed by atoms with Crippen molar-refractivity contribution in [1.29, 1.82) is 0 Å². The summed E-state index contributed by atoms with van der Waals surface area (Å²) < 4.78 is 25.8. The number of piperidine rings is 1. The molecule has 0 bridgehead atoms. The first-order valence-electron chi connectivity index (χ1n) is 10.7. The molecular weight excluding hydrogens is 434 g/mol. The maximum Gasteiger partial charge on any atom is 0.269 e. The lowest BCUT2D eigenvalue weighted by Gasteiger charge is -2.30. The van der Waals surface area contributed by atoms with Gasteiger partial charge in [0.1, 0.15) is 0 Å². The van der Waals surface area contributed by atoms with Gasteiger partial charge in [0, 0.05) is 38.5 Å². The molecule has 32 heavy (non-hydrogen) atoms. The molecule has 0 radical (unpaired) electrons. The van der Waals surface area contributed by atoms with E-state index in [4.69, 9.17) is 0 Å². The molecule has 11 heteroatoms. The predicted octanol–water partition coefficient (Wildman–Crippen LogP) is 1.92. The number of non-ortho nitro benzene ring substituents is 1. The second-order valence-electron chi connectivity index (χ2n) is 7.99. The monoisotopic (exact) mass is 463 g/mol. The summed E-state index contributed by atoms with van der Waals surface area (Å²) in [5.41, 5.74) is 0.905. The molecule has 3 rings (SSSR count). The van der Waals surface area contributed by atoms with Gasteiger partial charge in [-0.05, 0) is 49.9 Å². The van der Waals surface area contributed by atoms with E-state index in [9.17, 15) is 23.3 Å². The number of allylic oxidation sites excluding steroid dienone is 2. The normalized spacial score (nSPS) is 18.8. The van der Waals surface area contributed by atoms with Crippen LogP contribution in [0, 0.1) is 10.1 Å². The molecule has 1 amide bonds. The molecule has 10 nitrogen and oxygen atoms in total. The molecule has 0 unspecified atom stereocenters. The SMILES string of the molecule is CN1C=C(CCCN(NS(=O)(=O)c2ccc([N+](=O)[O-])cc2)C(=O)[C@@H]2CCCCN2)C=CC1. The first-order valence-corrected chi connectivity index (χ1v) is 12.1. The number of sulfonamides is 1. The number of hydrogen-bond acceptors (Lipinski definition) is 7. The first-order chi connectivity index (χ1) is 15.3. The van der Waals surface area contributed by atoms with E-state index >= 15 is 0 Å². The van der Waals surface area contributed by atoms with Crippen LogP contribution in [0.4, 0.5) is 5.69 Å². The molecule has 2 aliphatic rings. The van der Waals surface area contributed by atoms with Crippen LogP contribution in [-0.2, 0) is 14.8 Å². The number of likely N-dealkylation sites (N-methyl/N-ethyl adjacent to an activating group) is 1. The minimum absolute atomic E-state index is 0.142. The summed E-state index contributed by atoms with van der Waals surface area (Å²) >= 11 is 0. The van der Waals surface area contributed by atoms with E-state index in [0.717, 1.165) is 54.2 Å². The number of hydrazine groups is 1. The van der Waals surface area contributed by atoms with Gasteiger partial charge in [-0.2, -0.15) is 0 Å². The number of benzene rings is 1. The Balaban J connectivity index is 1.72. The molecule has 1 aromatic carbocycles. The molecule has 2 N–H and O–H groups in total. The van der Waals surface area contributed by atoms with Gasteiger partial charge in [0.25, 0.3) is 21.6 Å². The lowest BCUT2D eigenvalue weighted by Crippen LogP contribution is -2.55. The first kappa shape index (κ1) is 23.9. The summed E-state index contributed by atoms with van der Waals surface area (Å²) in [6.07, 6.45) is 9.93. The largest absolute Gasteiger partial charge is 0.376 e. The minimum Gasteiger partial charge on any atom is -0.376 e. The molecule has 0 aliphatic carbocycles. The smallest absolute Gasteiger partial charge is 0.269 e. The highest BCUT2D eigenvalue weighted by molar-refractivity contribution is 7.89. The van der Waals surface area contributed by atoms with Crippen LogP contribution in [0.1, 0.15) is 32.1 Å². The third-order valence-corrected chi connectivity index (χ3v) is 6.77. The van der Waals surface area contributed by atoms with Crippen LogP contribution in [0.2, 0.25) is 0 Å². The fraction of sp³-hybridized carbons (Fsp3) is 0.476. The van der Waals surface area contributed by atoms with Gasteiger partial charge in [0.2, 0.25) is 0 Å². The van der Waals surface area contributed by atoms with Crippen molar-refractivity contribution in [2.24, 2.45) is 0 Å². The van der Waals surface area contributed by atoms with Crippen LogP contribution < -0.4 is 10.1 Å². The molecule has 1 saturated heterocycles. The molecule has 2 aliphatic heterocycles. The number of nitro groups is 1. The molecule has 2 heterocycles. The number of hydrogen-bond donors (Lipinski definition) is 2. The van der Waals surface area contributed by atoms with Crippen LogP contribution in [0.5, 0.6) is 0 Å². The van der Waals surface area contributed by atoms with Crippen molar-refractivity contribution in [2.45, 2.75) is 43.0 Å². The number of nitrogens with one attached hydrogen (secondary N) is 2. The third-order valence-electron chi connectivity index (χ3n) is 5.42. The van der Waals surface area contributed by atoms with Crippen molar-refractivity contribution < 1.29 is 18.1 Å². The van der Waals surface area contributed by atoms with Crippen molar-refractivity contribution in [3.8, 4) is 0 Å². The Morgan fingerprint density at radius 1 is 1.31 bits per heavy atom. The topological polar surface area (TPSA) is 125 Å². The lowest BCUT2D eigenvalue weighted by atomic mass is 10.0. The Kier molecular flexibility index (Phi) is 7.99. The van der Waals surface area contributed by atoms with Gasteiger partial charge in [-0.25, -0.2) is 8.42 Å². The second kappa shape index (κ2) is 10.7. The van der Waals surface area contributed by atoms with Gasteiger partial charge < -0.3 is 10.2 Å². The summed E-state index contributed by atoms with van der Waals surface area (Å²) in [6, 6.07) is 4.14. The quantitative estimate of drug-likeness (QED) is 0.423. The van der Waals surface area contributed by atoms with Crippen molar-refractivity contribution in [2.75, 3.05) is 26.7 Å². The number of carbonyl (C=O) groups is 1. The Labute approximate surface area is 188 Å². The Morgan fingerprint density at radius 3 is 2.69 bits per heavy atom. The second-order valence-corrected chi connectivity index (χ2v) is 9.65. The van der Waals surface area contributed by atoms with E-state index < -0.39 is 21.0 Å². The van der Waals surface area contributed by atoms with Gasteiger partial charge in [0.15, 0.2) is 0 Å². The molecule has 1 fully saturated rings. The summed E-state index contributed by atoms with van der Waals surface area (Å²) in [7, 11) is -2.10. The molecule has 174 valence electrons. The predicted molar refractivity (Wildman–Crippen MR) is 120 cm³/mol. The Bertz CT molecular complexity index is 984. The van der Waals surface area contributed by atoms with Gasteiger partial charge in [-0.3, -0.25) is 19.9 Å². The van der Waals surface area contributed by atoms with Crippen LogP contribution in [0.25, 0.3) is 0 Å². The number of carbonyl (C=O) groups excluding carboxylic acids is 1. The van der Waals surface area contributed by atoms with Gasteiger partial charge in [-0.15, -0.1) is 4.83 Å². The van der Waals surface area contributed by atoms with Gasteiger partial charge >= 0.3 is 0 Å². The van der Waals surface area contributed by atoms with Gasteiger partial charge in [0.05, 0.1) is 15.9 Å². The summed E-state index contributed by atoms with van der Waals surface area (Å²) in [5.74, 6) is -0.319. The number of rotatable bonds is 9. The van der Waals surface area contributed by atoms with E-state index in [0.29, 0.717) is 25.8 Å². The van der Waals surface area contributed by atoms with Crippen molar-refractivity contribution in [3.63, 3.8) is 0 Å². The van der Waals surface area contributed by atoms with Crippen molar-refractivity contribution in [1.82, 2.24) is 20.1 Å². The Hall–Kier alpha value is -2.76. The molecule has 1 atom stereocenters. The van der Waals surface area contributed by atoms with Crippen LogP contribution in [0.3, 0.4) is 0 Å². The van der Waals surface area contributed by atoms with E-state index in [1.807, 2.05) is 19.3 Å². The highest BCUT2D eigenvalue weighted by atomic mass is 32.2. The average molecular weight is 464 g/mol. The van der Waals surface area contributed by atoms with Crippen LogP contribution in [-0.4, -0.2) is 61.9 Å². The molecular formula is C21H29N5O5S. The van der Waals surface area contributed by atoms with Crippen LogP contribution >= 0.6 is 0 Å². The zero-order valence-electron chi connectivity index (χ0n) is 18.1. The number of nitrogens with zero attached hydrogens (tertiary/aromatic N) is 3. The molecule has 0 saturated carbocycles. The fourth-order valence-corrected chi connectivity index (χ4v) is 4.81. The minimum atomic E-state index is -4.08. The standard InChI is InChI=1S/C21H29N5O5S/c1-24-14-4-6-17(16-24)7-5-15-25(21(27)20-8-2-3-13-22-20)23-32(30,31)19-11-9-18(10-12-19)26(28)29/h4,6,9-12,16,20,22-23H,2-3,5,7-8,13-15H2,1H3/t20-/m0/s1. The maximum atomic E-state index is 13.1. The molecule has 0 spiro atoms. The number of nitro benzene ring substituents is 1. The molecule has 0 aromatic heterocycles. The zero-order valence-corrected chi connectivity index (χ0v) is 18.9. The lowest BCUT2D eigenvalue weighted by molar-refractivity contribution is -0.384. The Morgan fingerprint density at radius 2 is 2.06 bits per heavy atom. The highest BCUT2D eigenvalue weighted by Gasteiger charge is 2.29. The summed E-state index contributed by atoms with van der Waals surface area (Å²) in [6.45, 7) is 1.76. The fourth-order valence-electron chi connectivity index (χ4n) is 3.73. The van der Waals surface area contributed by atoms with E-state index in [2.05, 4.69) is 21.1 Å². The van der Waals surface area contributed by atoms with Crippen LogP contribution in [0.15, 0.2) is 53.1 Å². The third kappa shape index (κ3) is 6.38. The summed E-state index contributed by atoms with van der Waals surface area (Å²) in [5, 5.41) is 15.2. The average Bonchev–Trinajstić information content (AvgIpc) is 2.78. The van der Waals surface area contributed by atoms with E-state index in [1.54, 1.807) is 0 Å². The zero-order chi connectivity index (χ0) is 23.1. The van der Waals surface area contributed by atoms with Gasteiger partial charge in [-0.1, -0.05) is 18.6 Å². The maximum absolute atomic E-state index is 13.1. The molecule has 1 aromatic rings. The van der Waals surface area contributed by atoms with Crippen molar-refractivity contribution >= 4 is 21.6 Å². The van der Waals surface area contributed by atoms with Crippen molar-refractivity contribution in [3.05, 3.63) is 58.3 Å². The highest BCUT2D eigenvalue weighted by Crippen LogP contribution is 2.18.